The molecular weight excluding hydrogens is 402 g/mol. The Bertz CT molecular complexity index is 1210. The van der Waals surface area contributed by atoms with Crippen LogP contribution in [0.4, 0.5) is 5.69 Å². The maximum Gasteiger partial charge on any atom is 0.248 e. The lowest BCUT2D eigenvalue weighted by atomic mass is 10.0. The van der Waals surface area contributed by atoms with Crippen molar-refractivity contribution >= 4 is 32.7 Å². The molecule has 2 aliphatic rings. The predicted molar refractivity (Wildman–Crippen MR) is 113 cm³/mol. The quantitative estimate of drug-likeness (QED) is 0.639. The van der Waals surface area contributed by atoms with E-state index in [1.807, 2.05) is 24.3 Å². The molecule has 0 spiro atoms. The number of anilines is 1. The number of benzene rings is 2. The van der Waals surface area contributed by atoms with E-state index >= 15 is 0 Å². The van der Waals surface area contributed by atoms with Gasteiger partial charge in [0.05, 0.1) is 10.4 Å². The van der Waals surface area contributed by atoms with Gasteiger partial charge in [-0.25, -0.2) is 13.1 Å². The summed E-state index contributed by atoms with van der Waals surface area (Å²) >= 11 is 0. The van der Waals surface area contributed by atoms with Gasteiger partial charge in [-0.05, 0) is 61.6 Å². The van der Waals surface area contributed by atoms with Gasteiger partial charge in [0.25, 0.3) is 0 Å². The number of aromatic nitrogens is 3. The van der Waals surface area contributed by atoms with Crippen molar-refractivity contribution in [2.45, 2.75) is 37.1 Å². The smallest absolute Gasteiger partial charge is 0.248 e. The summed E-state index contributed by atoms with van der Waals surface area (Å²) in [7, 11) is -3.47. The molecule has 0 N–H and O–H groups in total. The molecule has 156 valence electrons. The van der Waals surface area contributed by atoms with E-state index in [0.717, 1.165) is 48.0 Å². The minimum atomic E-state index is -3.47. The minimum Gasteiger partial charge on any atom is -0.311 e. The normalized spacial score (nSPS) is 17.4. The second-order valence-corrected chi connectivity index (χ2v) is 9.72. The third-order valence-corrected chi connectivity index (χ3v) is 7.77. The lowest BCUT2D eigenvalue weighted by Gasteiger charge is -2.30. The second kappa shape index (κ2) is 7.48. The van der Waals surface area contributed by atoms with Crippen molar-refractivity contribution in [3.8, 4) is 0 Å². The summed E-state index contributed by atoms with van der Waals surface area (Å²) in [5.41, 5.74) is 3.26. The molecule has 1 fully saturated rings. The van der Waals surface area contributed by atoms with Crippen molar-refractivity contribution in [2.24, 2.45) is 0 Å². The van der Waals surface area contributed by atoms with Crippen molar-refractivity contribution in [3.05, 3.63) is 48.0 Å². The Morgan fingerprint density at radius 2 is 1.80 bits per heavy atom. The van der Waals surface area contributed by atoms with E-state index in [9.17, 15) is 13.2 Å². The zero-order chi connectivity index (χ0) is 20.7. The Morgan fingerprint density at radius 1 is 1.00 bits per heavy atom. The Labute approximate surface area is 175 Å². The van der Waals surface area contributed by atoms with Crippen molar-refractivity contribution in [2.75, 3.05) is 24.5 Å². The van der Waals surface area contributed by atoms with E-state index in [2.05, 4.69) is 10.3 Å². The highest BCUT2D eigenvalue weighted by Crippen LogP contribution is 2.31. The molecule has 1 aromatic heterocycles. The Hall–Kier alpha value is -2.78. The van der Waals surface area contributed by atoms with Gasteiger partial charge in [0, 0.05) is 25.3 Å². The molecule has 0 aliphatic carbocycles. The van der Waals surface area contributed by atoms with Gasteiger partial charge in [0.15, 0.2) is 0 Å². The number of carbonyl (C=O) groups is 1. The first-order valence-electron chi connectivity index (χ1n) is 10.3. The average Bonchev–Trinajstić information content (AvgIpc) is 3.44. The van der Waals surface area contributed by atoms with E-state index in [1.54, 1.807) is 32.1 Å². The van der Waals surface area contributed by atoms with Crippen LogP contribution in [0.5, 0.6) is 0 Å². The first-order valence-corrected chi connectivity index (χ1v) is 11.7. The van der Waals surface area contributed by atoms with Crippen LogP contribution in [0.3, 0.4) is 0 Å². The Morgan fingerprint density at radius 3 is 2.63 bits per heavy atom. The van der Waals surface area contributed by atoms with Crippen LogP contribution in [0, 0.1) is 0 Å². The third kappa shape index (κ3) is 3.27. The van der Waals surface area contributed by atoms with Crippen LogP contribution in [0.15, 0.2) is 47.4 Å². The summed E-state index contributed by atoms with van der Waals surface area (Å²) in [6, 6.07) is 12.7. The summed E-state index contributed by atoms with van der Waals surface area (Å²) in [4.78, 5) is 15.1. The molecule has 2 aromatic carbocycles. The van der Waals surface area contributed by atoms with Gasteiger partial charge in [-0.15, -0.1) is 5.10 Å². The maximum atomic E-state index is 13.1. The lowest BCUT2D eigenvalue weighted by molar-refractivity contribution is -0.119. The van der Waals surface area contributed by atoms with Gasteiger partial charge in [-0.3, -0.25) is 4.79 Å². The molecule has 1 amide bonds. The first kappa shape index (κ1) is 19.2. The number of hydrogen-bond acceptors (Lipinski definition) is 5. The fourth-order valence-corrected chi connectivity index (χ4v) is 5.89. The number of para-hydroxylation sites is 1. The molecule has 9 heteroatoms. The minimum absolute atomic E-state index is 0.0817. The average molecular weight is 426 g/mol. The summed E-state index contributed by atoms with van der Waals surface area (Å²) in [6.45, 7) is 1.86. The van der Waals surface area contributed by atoms with Crippen LogP contribution < -0.4 is 4.90 Å². The topological polar surface area (TPSA) is 88.4 Å². The van der Waals surface area contributed by atoms with E-state index < -0.39 is 10.0 Å². The number of rotatable bonds is 4. The molecule has 3 heterocycles. The fourth-order valence-electron chi connectivity index (χ4n) is 4.32. The summed E-state index contributed by atoms with van der Waals surface area (Å²) in [6.07, 6.45) is 3.37. The number of carbonyl (C=O) groups excluding carboxylic acids is 1. The van der Waals surface area contributed by atoms with Crippen LogP contribution in [-0.4, -0.2) is 53.3 Å². The van der Waals surface area contributed by atoms with Crippen LogP contribution in [0.25, 0.3) is 11.0 Å². The molecule has 3 aromatic rings. The van der Waals surface area contributed by atoms with Crippen LogP contribution in [0.1, 0.15) is 24.8 Å². The standard InChI is InChI=1S/C21H23N5O3S/c27-21(15-26-20-8-2-1-7-18(20)22-23-26)25-13-5-6-16-14-17(9-10-19(16)25)30(28,29)24-11-3-4-12-24/h1-2,7-10,14H,3-6,11-13,15H2. The molecule has 0 bridgehead atoms. The van der Waals surface area contributed by atoms with Crippen LogP contribution >= 0.6 is 0 Å². The number of fused-ring (bicyclic) bond motifs is 2. The zero-order valence-corrected chi connectivity index (χ0v) is 17.4. The highest BCUT2D eigenvalue weighted by atomic mass is 32.2. The van der Waals surface area contributed by atoms with E-state index in [1.165, 1.54) is 0 Å². The molecule has 8 nitrogen and oxygen atoms in total. The first-order chi connectivity index (χ1) is 14.5. The fraction of sp³-hybridized carbons (Fsp3) is 0.381. The van der Waals surface area contributed by atoms with Gasteiger partial charge >= 0.3 is 0 Å². The molecule has 1 saturated heterocycles. The highest BCUT2D eigenvalue weighted by molar-refractivity contribution is 7.89. The number of sulfonamides is 1. The van der Waals surface area contributed by atoms with Crippen LogP contribution in [-0.2, 0) is 27.8 Å². The Kier molecular flexibility index (Phi) is 4.79. The van der Waals surface area contributed by atoms with Crippen molar-refractivity contribution in [1.29, 1.82) is 0 Å². The highest BCUT2D eigenvalue weighted by Gasteiger charge is 2.30. The number of nitrogens with zero attached hydrogens (tertiary/aromatic N) is 5. The third-order valence-electron chi connectivity index (χ3n) is 5.88. The zero-order valence-electron chi connectivity index (χ0n) is 16.6. The van der Waals surface area contributed by atoms with Gasteiger partial charge < -0.3 is 4.90 Å². The molecule has 30 heavy (non-hydrogen) atoms. The summed E-state index contributed by atoms with van der Waals surface area (Å²) < 4.78 is 29.0. The van der Waals surface area contributed by atoms with Crippen molar-refractivity contribution in [3.63, 3.8) is 0 Å². The van der Waals surface area contributed by atoms with E-state index in [0.29, 0.717) is 24.5 Å². The summed E-state index contributed by atoms with van der Waals surface area (Å²) in [5.74, 6) is -0.0817. The van der Waals surface area contributed by atoms with E-state index in [-0.39, 0.29) is 12.5 Å². The second-order valence-electron chi connectivity index (χ2n) is 7.79. The SMILES string of the molecule is O=C(Cn1nnc2ccccc21)N1CCCc2cc(S(=O)(=O)N3CCCC3)ccc21. The molecule has 0 atom stereocenters. The van der Waals surface area contributed by atoms with Crippen LogP contribution in [0.2, 0.25) is 0 Å². The maximum absolute atomic E-state index is 13.1. The molecular formula is C21H23N5O3S. The van der Waals surface area contributed by atoms with Crippen molar-refractivity contribution < 1.29 is 13.2 Å². The lowest BCUT2D eigenvalue weighted by Crippen LogP contribution is -2.38. The molecule has 0 saturated carbocycles. The molecule has 0 radical (unpaired) electrons. The van der Waals surface area contributed by atoms with Gasteiger partial charge in [-0.1, -0.05) is 17.3 Å². The predicted octanol–water partition coefficient (Wildman–Crippen LogP) is 2.20. The Balaban J connectivity index is 1.42. The van der Waals surface area contributed by atoms with Gasteiger partial charge in [0.1, 0.15) is 12.1 Å². The molecule has 2 aliphatic heterocycles. The van der Waals surface area contributed by atoms with Gasteiger partial charge in [0.2, 0.25) is 15.9 Å². The van der Waals surface area contributed by atoms with E-state index in [4.69, 9.17) is 0 Å². The van der Waals surface area contributed by atoms with Gasteiger partial charge in [-0.2, -0.15) is 4.31 Å². The molecule has 5 rings (SSSR count). The largest absolute Gasteiger partial charge is 0.311 e. The number of amides is 1. The molecule has 0 unspecified atom stereocenters. The monoisotopic (exact) mass is 425 g/mol. The van der Waals surface area contributed by atoms with Crippen molar-refractivity contribution in [1.82, 2.24) is 19.3 Å². The number of hydrogen-bond donors (Lipinski definition) is 0. The number of aryl methyl sites for hydroxylation is 1. The summed E-state index contributed by atoms with van der Waals surface area (Å²) in [5, 5.41) is 8.22.